The molecule has 2 N–H and O–H groups in total. The summed E-state index contributed by atoms with van der Waals surface area (Å²) in [5.41, 5.74) is -0.0432. The number of ether oxygens (including phenoxy) is 1. The lowest BCUT2D eigenvalue weighted by atomic mass is 9.45. The average Bonchev–Trinajstić information content (AvgIpc) is 3.24. The van der Waals surface area contributed by atoms with Gasteiger partial charge in [0.2, 0.25) is 5.78 Å². The Morgan fingerprint density at radius 1 is 0.951 bits per heavy atom. The van der Waals surface area contributed by atoms with Gasteiger partial charge in [-0.1, -0.05) is 80.1 Å². The Morgan fingerprint density at radius 3 is 2.22 bits per heavy atom. The molecule has 0 unspecified atom stereocenters. The van der Waals surface area contributed by atoms with Crippen molar-refractivity contribution in [2.45, 2.75) is 76.4 Å². The summed E-state index contributed by atoms with van der Waals surface area (Å²) in [5.74, 6) is -1.32. The summed E-state index contributed by atoms with van der Waals surface area (Å²) in [6.45, 7) is 3.62. The molecule has 6 nitrogen and oxygen atoms in total. The van der Waals surface area contributed by atoms with E-state index in [1.165, 1.54) is 0 Å². The number of hydrogen-bond acceptors (Lipinski definition) is 6. The number of benzene rings is 2. The zero-order valence-corrected chi connectivity index (χ0v) is 23.9. The number of fused-ring (bicyclic) bond motifs is 5. The first-order chi connectivity index (χ1) is 19.6. The van der Waals surface area contributed by atoms with E-state index in [0.29, 0.717) is 25.7 Å². The van der Waals surface area contributed by atoms with Gasteiger partial charge in [-0.25, -0.2) is 0 Å². The van der Waals surface area contributed by atoms with E-state index in [2.05, 4.69) is 6.92 Å². The summed E-state index contributed by atoms with van der Waals surface area (Å²) in [6, 6.07) is 18.7. The van der Waals surface area contributed by atoms with Gasteiger partial charge in [0.15, 0.2) is 12.4 Å². The fraction of sp³-hybridized carbons (Fsp3) is 0.514. The van der Waals surface area contributed by atoms with Crippen LogP contribution in [-0.4, -0.2) is 46.1 Å². The quantitative estimate of drug-likeness (QED) is 0.477. The minimum Gasteiger partial charge on any atom is -0.457 e. The maximum atomic E-state index is 13.8. The molecule has 6 rings (SSSR count). The molecule has 0 amide bonds. The zero-order chi connectivity index (χ0) is 29.0. The molecule has 0 heterocycles. The van der Waals surface area contributed by atoms with Crippen molar-refractivity contribution in [3.63, 3.8) is 0 Å². The van der Waals surface area contributed by atoms with Crippen molar-refractivity contribution in [2.75, 3.05) is 6.61 Å². The second-order valence-corrected chi connectivity index (χ2v) is 13.3. The van der Waals surface area contributed by atoms with Gasteiger partial charge in [-0.3, -0.25) is 14.4 Å². The number of ketones is 2. The van der Waals surface area contributed by atoms with Crippen molar-refractivity contribution in [1.82, 2.24) is 0 Å². The molecule has 0 bridgehead atoms. The third-order valence-corrected chi connectivity index (χ3v) is 11.4. The van der Waals surface area contributed by atoms with Gasteiger partial charge in [0, 0.05) is 11.8 Å². The lowest BCUT2D eigenvalue weighted by molar-refractivity contribution is -0.184. The molecule has 0 spiro atoms. The Kier molecular flexibility index (Phi) is 7.06. The number of rotatable bonds is 6. The summed E-state index contributed by atoms with van der Waals surface area (Å²) in [5, 5.41) is 23.7. The monoisotopic (exact) mass is 556 g/mol. The second-order valence-electron chi connectivity index (χ2n) is 13.3. The second kappa shape index (κ2) is 10.3. The van der Waals surface area contributed by atoms with E-state index in [-0.39, 0.29) is 29.0 Å². The molecule has 0 aromatic heterocycles. The number of carbonyl (C=O) groups excluding carboxylic acids is 3. The van der Waals surface area contributed by atoms with Crippen molar-refractivity contribution in [3.05, 3.63) is 83.4 Å². The molecule has 6 heteroatoms. The molecule has 3 fully saturated rings. The SMILES string of the molecule is C[C@]12CCC(=O)C=C1CC[C@@H]1[C@@H]2[C@H](O)C[C@@]2(C)[C@H]1CC[C@@]2(O)C(=O)COC(=O)C(c1ccccc1)c1ccccc1. The minimum absolute atomic E-state index is 0.00135. The molecular weight excluding hydrogens is 516 g/mol. The van der Waals surface area contributed by atoms with Crippen molar-refractivity contribution in [1.29, 1.82) is 0 Å². The smallest absolute Gasteiger partial charge is 0.318 e. The fourth-order valence-electron chi connectivity index (χ4n) is 9.25. The highest BCUT2D eigenvalue weighted by molar-refractivity contribution is 5.93. The van der Waals surface area contributed by atoms with E-state index >= 15 is 0 Å². The first kappa shape index (κ1) is 28.0. The van der Waals surface area contributed by atoms with Crippen LogP contribution >= 0.6 is 0 Å². The van der Waals surface area contributed by atoms with Gasteiger partial charge in [0.25, 0.3) is 0 Å². The van der Waals surface area contributed by atoms with Crippen molar-refractivity contribution < 1.29 is 29.3 Å². The van der Waals surface area contributed by atoms with Gasteiger partial charge < -0.3 is 14.9 Å². The molecule has 4 aliphatic carbocycles. The lowest BCUT2D eigenvalue weighted by Gasteiger charge is -2.60. The number of allylic oxidation sites excluding steroid dienone is 1. The van der Waals surface area contributed by atoms with Crippen LogP contribution in [0.15, 0.2) is 72.3 Å². The van der Waals surface area contributed by atoms with Crippen molar-refractivity contribution >= 4 is 17.5 Å². The van der Waals surface area contributed by atoms with Crippen LogP contribution in [0.5, 0.6) is 0 Å². The topological polar surface area (TPSA) is 101 Å². The number of aliphatic hydroxyl groups is 2. The van der Waals surface area contributed by atoms with Gasteiger partial charge in [-0.05, 0) is 78.9 Å². The van der Waals surface area contributed by atoms with Gasteiger partial charge in [-0.15, -0.1) is 0 Å². The Balaban J connectivity index is 1.21. The number of hydrogen-bond donors (Lipinski definition) is 2. The van der Waals surface area contributed by atoms with Gasteiger partial charge in [0.05, 0.1) is 6.10 Å². The number of aliphatic hydroxyl groups excluding tert-OH is 1. The van der Waals surface area contributed by atoms with Crippen molar-refractivity contribution in [2.24, 2.45) is 28.6 Å². The summed E-state index contributed by atoms with van der Waals surface area (Å²) in [7, 11) is 0. The average molecular weight is 557 g/mol. The molecule has 0 aliphatic heterocycles. The van der Waals surface area contributed by atoms with E-state index in [9.17, 15) is 24.6 Å². The molecule has 4 aliphatic rings. The zero-order valence-electron chi connectivity index (χ0n) is 23.9. The number of carbonyl (C=O) groups is 3. The molecule has 2 aromatic rings. The maximum absolute atomic E-state index is 13.8. The van der Waals surface area contributed by atoms with Crippen molar-refractivity contribution in [3.8, 4) is 0 Å². The number of Topliss-reactive ketones (excluding diaryl/α,β-unsaturated/α-hetero) is 1. The van der Waals surface area contributed by atoms with Crippen LogP contribution in [0.25, 0.3) is 0 Å². The standard InChI is InChI=1S/C35H40O6/c1-33-17-15-25(36)19-24(33)13-14-26-27-16-18-35(40,34(27,2)20-28(37)31(26)33)29(38)21-41-32(39)30(22-9-5-3-6-10-22)23-11-7-4-8-12-23/h3-12,19,26-28,30-31,37,40H,13-18,20-21H2,1-2H3/t26-,27-,28+,31+,33-,34-,35+/m0/s1. The summed E-state index contributed by atoms with van der Waals surface area (Å²) >= 11 is 0. The Morgan fingerprint density at radius 2 is 1.59 bits per heavy atom. The van der Waals surface area contributed by atoms with Gasteiger partial charge in [-0.2, -0.15) is 0 Å². The van der Waals surface area contributed by atoms with Crippen LogP contribution in [0.3, 0.4) is 0 Å². The molecule has 7 atom stereocenters. The minimum atomic E-state index is -1.68. The number of esters is 1. The van der Waals surface area contributed by atoms with E-state index in [1.54, 1.807) is 6.08 Å². The highest BCUT2D eigenvalue weighted by Gasteiger charge is 2.68. The highest BCUT2D eigenvalue weighted by atomic mass is 16.5. The predicted octanol–water partition coefficient (Wildman–Crippen LogP) is 5.16. The third-order valence-electron chi connectivity index (χ3n) is 11.4. The highest BCUT2D eigenvalue weighted by Crippen LogP contribution is 2.67. The molecule has 2 aromatic carbocycles. The lowest BCUT2D eigenvalue weighted by Crippen LogP contribution is -2.62. The molecule has 0 radical (unpaired) electrons. The van der Waals surface area contributed by atoms with Crippen LogP contribution < -0.4 is 0 Å². The predicted molar refractivity (Wildman–Crippen MR) is 154 cm³/mol. The Bertz CT molecular complexity index is 1330. The van der Waals surface area contributed by atoms with Crippen LogP contribution in [0, 0.1) is 28.6 Å². The van der Waals surface area contributed by atoms with E-state index < -0.39 is 41.4 Å². The summed E-state index contributed by atoms with van der Waals surface area (Å²) in [4.78, 5) is 39.4. The Hall–Kier alpha value is -3.09. The van der Waals surface area contributed by atoms with Gasteiger partial charge >= 0.3 is 5.97 Å². The maximum Gasteiger partial charge on any atom is 0.318 e. The first-order valence-electron chi connectivity index (χ1n) is 15.0. The molecular formula is C35H40O6. The summed E-state index contributed by atoms with van der Waals surface area (Å²) < 4.78 is 5.66. The first-order valence-corrected chi connectivity index (χ1v) is 15.0. The molecule has 41 heavy (non-hydrogen) atoms. The Labute approximate surface area is 241 Å². The molecule has 0 saturated heterocycles. The molecule has 3 saturated carbocycles. The van der Waals surface area contributed by atoms with Crippen LogP contribution in [0.2, 0.25) is 0 Å². The van der Waals surface area contributed by atoms with Crippen LogP contribution in [0.4, 0.5) is 0 Å². The van der Waals surface area contributed by atoms with E-state index in [1.807, 2.05) is 67.6 Å². The van der Waals surface area contributed by atoms with Crippen LogP contribution in [0.1, 0.15) is 75.8 Å². The molecule has 216 valence electrons. The van der Waals surface area contributed by atoms with E-state index in [0.717, 1.165) is 36.0 Å². The largest absolute Gasteiger partial charge is 0.457 e. The van der Waals surface area contributed by atoms with E-state index in [4.69, 9.17) is 4.74 Å². The summed E-state index contributed by atoms with van der Waals surface area (Å²) in [6.07, 6.45) is 5.29. The fourth-order valence-corrected chi connectivity index (χ4v) is 9.25. The van der Waals surface area contributed by atoms with Crippen LogP contribution in [-0.2, 0) is 19.1 Å². The van der Waals surface area contributed by atoms with Gasteiger partial charge in [0.1, 0.15) is 11.5 Å². The third kappa shape index (κ3) is 4.42. The normalized spacial score (nSPS) is 36.1.